The number of esters is 1. The Balaban J connectivity index is 1.56. The maximum absolute atomic E-state index is 12.2. The van der Waals surface area contributed by atoms with E-state index in [9.17, 15) is 30.3 Å². The van der Waals surface area contributed by atoms with Gasteiger partial charge in [-0.15, -0.1) is 0 Å². The van der Waals surface area contributed by atoms with Gasteiger partial charge in [0, 0.05) is 11.8 Å². The number of carbonyl (C=O) groups excluding carboxylic acids is 1. The van der Waals surface area contributed by atoms with Crippen LogP contribution in [0.5, 0.6) is 0 Å². The molecule has 4 aliphatic rings. The van der Waals surface area contributed by atoms with E-state index in [2.05, 4.69) is 13.2 Å². The highest BCUT2D eigenvalue weighted by Gasteiger charge is 2.57. The standard InChI is InChI=1S/C21H30O9/c1-7-10-5-13(28-21-18(26)17(25)16(24)14(6-22)29-21)9(3)15(10)19-11(4-12(7)23)8(2)20(27)30-19/h8,10-19,21-26H,1,3-6H2,2H3/t8-,10-,11?,12+,13-,14+,15-,16+,17+,18+,19-,21+/m0/s1. The van der Waals surface area contributed by atoms with Crippen LogP contribution in [-0.4, -0.2) is 87.1 Å². The zero-order valence-electron chi connectivity index (χ0n) is 16.8. The van der Waals surface area contributed by atoms with Gasteiger partial charge in [0.15, 0.2) is 6.29 Å². The van der Waals surface area contributed by atoms with Gasteiger partial charge in [0.1, 0.15) is 30.5 Å². The molecule has 2 aliphatic heterocycles. The number of ether oxygens (including phenoxy) is 3. The van der Waals surface area contributed by atoms with Gasteiger partial charge in [0.2, 0.25) is 0 Å². The van der Waals surface area contributed by atoms with Gasteiger partial charge in [0.25, 0.3) is 0 Å². The zero-order valence-corrected chi connectivity index (χ0v) is 16.8. The first-order valence-electron chi connectivity index (χ1n) is 10.4. The summed E-state index contributed by atoms with van der Waals surface area (Å²) in [7, 11) is 0. The highest BCUT2D eigenvalue weighted by molar-refractivity contribution is 5.75. The number of rotatable bonds is 3. The summed E-state index contributed by atoms with van der Waals surface area (Å²) in [6.45, 7) is 9.47. The lowest BCUT2D eigenvalue weighted by molar-refractivity contribution is -0.308. The zero-order chi connectivity index (χ0) is 21.9. The molecule has 2 saturated carbocycles. The van der Waals surface area contributed by atoms with Crippen molar-refractivity contribution in [3.05, 3.63) is 24.3 Å². The normalized spacial score (nSPS) is 51.3. The predicted octanol–water partition coefficient (Wildman–Crippen LogP) is -1.14. The largest absolute Gasteiger partial charge is 0.461 e. The number of hydrogen-bond donors (Lipinski definition) is 5. The summed E-state index contributed by atoms with van der Waals surface area (Å²) in [4.78, 5) is 12.2. The van der Waals surface area contributed by atoms with Crippen LogP contribution in [0.1, 0.15) is 19.8 Å². The molecule has 9 nitrogen and oxygen atoms in total. The van der Waals surface area contributed by atoms with Crippen molar-refractivity contribution >= 4 is 5.97 Å². The molecule has 0 aromatic rings. The first-order chi connectivity index (χ1) is 14.1. The summed E-state index contributed by atoms with van der Waals surface area (Å²) in [6.07, 6.45) is -7.94. The predicted molar refractivity (Wildman–Crippen MR) is 102 cm³/mol. The average Bonchev–Trinajstić information content (AvgIpc) is 3.15. The van der Waals surface area contributed by atoms with E-state index in [0.717, 1.165) is 0 Å². The summed E-state index contributed by atoms with van der Waals surface area (Å²) in [5.41, 5.74) is 1.28. The SMILES string of the molecule is C=C1[C@H]2[C@@H](C[C@@H]1O[C@@H]1O[C@H](CO)[C@@H](O)[C@@H](O)[C@H]1O)C(=C)[C@H](O)CC1[C@H](C)C(=O)O[C@@H]12. The molecule has 0 spiro atoms. The van der Waals surface area contributed by atoms with E-state index in [1.165, 1.54) is 0 Å². The van der Waals surface area contributed by atoms with Crippen LogP contribution in [0.3, 0.4) is 0 Å². The highest BCUT2D eigenvalue weighted by atomic mass is 16.7. The molecule has 4 fully saturated rings. The molecule has 1 unspecified atom stereocenters. The molecule has 0 amide bonds. The lowest BCUT2D eigenvalue weighted by atomic mass is 9.80. The topological polar surface area (TPSA) is 146 Å². The van der Waals surface area contributed by atoms with Crippen molar-refractivity contribution in [3.63, 3.8) is 0 Å². The first kappa shape index (κ1) is 21.9. The van der Waals surface area contributed by atoms with Gasteiger partial charge in [-0.3, -0.25) is 4.79 Å². The van der Waals surface area contributed by atoms with Crippen molar-refractivity contribution in [2.45, 2.75) is 68.8 Å². The van der Waals surface area contributed by atoms with Crippen LogP contribution in [0.4, 0.5) is 0 Å². The third-order valence-corrected chi connectivity index (χ3v) is 7.33. The fourth-order valence-corrected chi connectivity index (χ4v) is 5.43. The van der Waals surface area contributed by atoms with Crippen LogP contribution < -0.4 is 0 Å². The molecule has 9 heteroatoms. The number of hydrogen-bond acceptors (Lipinski definition) is 9. The van der Waals surface area contributed by atoms with Crippen LogP contribution in [0.25, 0.3) is 0 Å². The maximum atomic E-state index is 12.2. The van der Waals surface area contributed by atoms with Gasteiger partial charge >= 0.3 is 5.97 Å². The van der Waals surface area contributed by atoms with Crippen molar-refractivity contribution in [1.29, 1.82) is 0 Å². The molecule has 0 aromatic carbocycles. The second kappa shape index (κ2) is 7.98. The van der Waals surface area contributed by atoms with Gasteiger partial charge in [-0.05, 0) is 29.9 Å². The number of fused-ring (bicyclic) bond motifs is 3. The highest BCUT2D eigenvalue weighted by Crippen LogP contribution is 2.53. The Morgan fingerprint density at radius 1 is 1.07 bits per heavy atom. The second-order valence-corrected chi connectivity index (χ2v) is 8.95. The smallest absolute Gasteiger partial charge is 0.309 e. The molecule has 2 aliphatic carbocycles. The van der Waals surface area contributed by atoms with Gasteiger partial charge in [0.05, 0.1) is 24.7 Å². The summed E-state index contributed by atoms with van der Waals surface area (Å²) in [5.74, 6) is -1.31. The number of aliphatic hydroxyl groups is 5. The molecule has 5 N–H and O–H groups in total. The molecule has 0 bridgehead atoms. The summed E-state index contributed by atoms with van der Waals surface area (Å²) >= 11 is 0. The number of aliphatic hydroxyl groups excluding tert-OH is 5. The lowest BCUT2D eigenvalue weighted by Crippen LogP contribution is -2.59. The van der Waals surface area contributed by atoms with Crippen molar-refractivity contribution in [2.75, 3.05) is 6.61 Å². The molecule has 2 saturated heterocycles. The molecule has 168 valence electrons. The van der Waals surface area contributed by atoms with Crippen molar-refractivity contribution in [1.82, 2.24) is 0 Å². The van der Waals surface area contributed by atoms with Gasteiger partial charge in [-0.1, -0.05) is 20.1 Å². The van der Waals surface area contributed by atoms with E-state index < -0.39 is 55.6 Å². The lowest BCUT2D eigenvalue weighted by Gasteiger charge is -2.40. The third-order valence-electron chi connectivity index (χ3n) is 7.33. The van der Waals surface area contributed by atoms with Crippen LogP contribution >= 0.6 is 0 Å². The second-order valence-electron chi connectivity index (χ2n) is 8.95. The Kier molecular flexibility index (Phi) is 5.82. The summed E-state index contributed by atoms with van der Waals surface area (Å²) in [6, 6.07) is 0. The van der Waals surface area contributed by atoms with E-state index in [0.29, 0.717) is 24.0 Å². The molecular weight excluding hydrogens is 396 g/mol. The molecule has 12 atom stereocenters. The summed E-state index contributed by atoms with van der Waals surface area (Å²) in [5, 5.41) is 50.3. The fourth-order valence-electron chi connectivity index (χ4n) is 5.43. The van der Waals surface area contributed by atoms with E-state index in [1.807, 2.05) is 0 Å². The molecule has 30 heavy (non-hydrogen) atoms. The molecular formula is C21H30O9. The Hall–Kier alpha value is -1.33. The van der Waals surface area contributed by atoms with Gasteiger partial charge in [-0.2, -0.15) is 0 Å². The van der Waals surface area contributed by atoms with Crippen molar-refractivity contribution in [2.24, 2.45) is 23.7 Å². The Morgan fingerprint density at radius 3 is 2.43 bits per heavy atom. The van der Waals surface area contributed by atoms with Crippen LogP contribution in [0.15, 0.2) is 24.3 Å². The van der Waals surface area contributed by atoms with Gasteiger partial charge in [-0.25, -0.2) is 0 Å². The van der Waals surface area contributed by atoms with E-state index >= 15 is 0 Å². The van der Waals surface area contributed by atoms with Crippen molar-refractivity contribution in [3.8, 4) is 0 Å². The van der Waals surface area contributed by atoms with E-state index in [1.54, 1.807) is 6.92 Å². The third kappa shape index (κ3) is 3.33. The average molecular weight is 426 g/mol. The molecule has 2 heterocycles. The molecule has 0 radical (unpaired) electrons. The fraction of sp³-hybridized carbons (Fsp3) is 0.762. The van der Waals surface area contributed by atoms with Crippen molar-refractivity contribution < 1.29 is 44.5 Å². The van der Waals surface area contributed by atoms with Crippen LogP contribution in [0, 0.1) is 23.7 Å². The Morgan fingerprint density at radius 2 is 1.77 bits per heavy atom. The van der Waals surface area contributed by atoms with E-state index in [4.69, 9.17) is 14.2 Å². The van der Waals surface area contributed by atoms with Gasteiger partial charge < -0.3 is 39.7 Å². The summed E-state index contributed by atoms with van der Waals surface area (Å²) < 4.78 is 17.1. The molecule has 4 rings (SSSR count). The number of carbonyl (C=O) groups is 1. The van der Waals surface area contributed by atoms with Crippen LogP contribution in [0.2, 0.25) is 0 Å². The maximum Gasteiger partial charge on any atom is 0.309 e. The quantitative estimate of drug-likeness (QED) is 0.279. The minimum Gasteiger partial charge on any atom is -0.461 e. The monoisotopic (exact) mass is 426 g/mol. The minimum atomic E-state index is -1.54. The first-order valence-corrected chi connectivity index (χ1v) is 10.4. The Labute approximate surface area is 174 Å². The molecule has 0 aromatic heterocycles. The van der Waals surface area contributed by atoms with E-state index in [-0.39, 0.29) is 29.6 Å². The Bertz CT molecular complexity index is 721. The van der Waals surface area contributed by atoms with Crippen LogP contribution in [-0.2, 0) is 19.0 Å². The minimum absolute atomic E-state index is 0.165.